The van der Waals surface area contributed by atoms with Crippen LogP contribution in [0.25, 0.3) is 10.8 Å². The van der Waals surface area contributed by atoms with E-state index in [1.165, 1.54) is 0 Å². The summed E-state index contributed by atoms with van der Waals surface area (Å²) >= 11 is 0. The fraction of sp³-hybridized carbons (Fsp3) is 0.139. The number of nitrogen functional groups attached to an aromatic ring is 1. The maximum absolute atomic E-state index is 14.0. The van der Waals surface area contributed by atoms with Crippen LogP contribution in [0.1, 0.15) is 22.3 Å². The Morgan fingerprint density at radius 1 is 0.739 bits per heavy atom. The third-order valence-electron chi connectivity index (χ3n) is 7.63. The molecular formula is C36H35N4O5P. The van der Waals surface area contributed by atoms with E-state index in [1.54, 1.807) is 54.6 Å². The summed E-state index contributed by atoms with van der Waals surface area (Å²) in [6.45, 7) is 0.00964. The molecule has 6 N–H and O–H groups in total. The van der Waals surface area contributed by atoms with Gasteiger partial charge in [-0.3, -0.25) is 14.8 Å². The molecule has 10 heteroatoms. The van der Waals surface area contributed by atoms with E-state index in [0.717, 1.165) is 21.9 Å². The van der Waals surface area contributed by atoms with Crippen molar-refractivity contribution in [3.05, 3.63) is 150 Å². The summed E-state index contributed by atoms with van der Waals surface area (Å²) in [5.74, 6) is -1.97. The maximum Gasteiger partial charge on any atom is 0.408 e. The lowest BCUT2D eigenvalue weighted by molar-refractivity contribution is -0.123. The Kier molecular flexibility index (Phi) is 10.3. The number of hydrogen-bond acceptors (Lipinski definition) is 5. The highest BCUT2D eigenvalue weighted by atomic mass is 31.2. The van der Waals surface area contributed by atoms with Crippen molar-refractivity contribution < 1.29 is 23.8 Å². The molecule has 2 amide bonds. The second kappa shape index (κ2) is 14.7. The van der Waals surface area contributed by atoms with Gasteiger partial charge in [-0.25, -0.2) is 4.79 Å². The predicted molar refractivity (Wildman–Crippen MR) is 180 cm³/mol. The van der Waals surface area contributed by atoms with Crippen LogP contribution >= 0.6 is 7.37 Å². The van der Waals surface area contributed by atoms with Crippen LogP contribution in [0.5, 0.6) is 0 Å². The van der Waals surface area contributed by atoms with Crippen molar-refractivity contribution in [3.63, 3.8) is 0 Å². The van der Waals surface area contributed by atoms with Gasteiger partial charge in [-0.05, 0) is 39.6 Å². The summed E-state index contributed by atoms with van der Waals surface area (Å²) in [7, 11) is -4.19. The van der Waals surface area contributed by atoms with E-state index in [9.17, 15) is 19.0 Å². The molecule has 5 aromatic rings. The van der Waals surface area contributed by atoms with E-state index >= 15 is 0 Å². The standard InChI is InChI=1S/C36H35N4O5P/c37-34(38)29-19-15-25(16-20-29)23-33(46(43,44)31-13-5-2-6-14-31)40-35(41)32(39-36(42)45-24-26-9-3-1-4-10-26)22-27-17-18-28-11-7-8-12-30(28)21-27/h1-21,32-33H,22-24H2,(H3,37,38)(H,39,42)(H,40,41)(H,43,44)/t32-,33+/m1/s1. The van der Waals surface area contributed by atoms with Crippen molar-refractivity contribution in [2.75, 3.05) is 0 Å². The van der Waals surface area contributed by atoms with Gasteiger partial charge >= 0.3 is 6.09 Å². The van der Waals surface area contributed by atoms with E-state index in [-0.39, 0.29) is 30.6 Å². The van der Waals surface area contributed by atoms with Crippen LogP contribution < -0.4 is 21.7 Å². The molecule has 0 saturated heterocycles. The molecule has 0 aliphatic rings. The Morgan fingerprint density at radius 2 is 1.35 bits per heavy atom. The zero-order valence-corrected chi connectivity index (χ0v) is 25.9. The van der Waals surface area contributed by atoms with Gasteiger partial charge in [-0.15, -0.1) is 0 Å². The lowest BCUT2D eigenvalue weighted by atomic mass is 10.0. The summed E-state index contributed by atoms with van der Waals surface area (Å²) in [5.41, 5.74) is 8.33. The largest absolute Gasteiger partial charge is 0.445 e. The van der Waals surface area contributed by atoms with Crippen molar-refractivity contribution in [2.45, 2.75) is 31.3 Å². The van der Waals surface area contributed by atoms with Crippen molar-refractivity contribution >= 4 is 41.3 Å². The molecule has 0 aromatic heterocycles. The number of nitrogens with one attached hydrogen (secondary N) is 3. The average molecular weight is 635 g/mol. The summed E-state index contributed by atoms with van der Waals surface area (Å²) in [6.07, 6.45) is -0.678. The SMILES string of the molecule is N=C(N)c1ccc(C[C@@H](NC(=O)[C@@H](Cc2ccc3ccccc3c2)NC(=O)OCc2ccccc2)P(=O)(O)c2ccccc2)cc1. The van der Waals surface area contributed by atoms with Crippen LogP contribution in [-0.4, -0.2) is 34.6 Å². The van der Waals surface area contributed by atoms with Crippen LogP contribution in [-0.2, 0) is 33.5 Å². The normalized spacial score (nSPS) is 13.6. The number of amides is 2. The highest BCUT2D eigenvalue weighted by Crippen LogP contribution is 2.45. The monoisotopic (exact) mass is 634 g/mol. The second-order valence-electron chi connectivity index (χ2n) is 10.9. The van der Waals surface area contributed by atoms with Crippen molar-refractivity contribution in [3.8, 4) is 0 Å². The minimum Gasteiger partial charge on any atom is -0.445 e. The zero-order chi connectivity index (χ0) is 32.5. The first-order valence-corrected chi connectivity index (χ1v) is 16.5. The molecule has 1 unspecified atom stereocenters. The molecule has 5 rings (SSSR count). The van der Waals surface area contributed by atoms with E-state index in [4.69, 9.17) is 15.9 Å². The molecule has 0 aliphatic heterocycles. The van der Waals surface area contributed by atoms with Gasteiger partial charge < -0.3 is 26.0 Å². The van der Waals surface area contributed by atoms with Gasteiger partial charge in [-0.1, -0.05) is 115 Å². The fourth-order valence-electron chi connectivity index (χ4n) is 5.11. The summed E-state index contributed by atoms with van der Waals surface area (Å²) in [5, 5.41) is 15.3. The number of carbonyl (C=O) groups is 2. The summed E-state index contributed by atoms with van der Waals surface area (Å²) in [6, 6.07) is 36.5. The lowest BCUT2D eigenvalue weighted by Crippen LogP contribution is -2.51. The molecule has 0 spiro atoms. The molecule has 0 saturated carbocycles. The number of nitrogens with two attached hydrogens (primary N) is 1. The lowest BCUT2D eigenvalue weighted by Gasteiger charge is -2.27. The van der Waals surface area contributed by atoms with Crippen LogP contribution in [0.2, 0.25) is 0 Å². The molecule has 5 aromatic carbocycles. The number of benzene rings is 5. The van der Waals surface area contributed by atoms with Gasteiger partial charge in [0, 0.05) is 23.7 Å². The first-order chi connectivity index (χ1) is 22.2. The third kappa shape index (κ3) is 8.27. The summed E-state index contributed by atoms with van der Waals surface area (Å²) in [4.78, 5) is 38.4. The minimum absolute atomic E-state index is 0.00768. The molecule has 46 heavy (non-hydrogen) atoms. The topological polar surface area (TPSA) is 155 Å². The molecule has 9 nitrogen and oxygen atoms in total. The van der Waals surface area contributed by atoms with Gasteiger partial charge in [0.1, 0.15) is 24.3 Å². The molecule has 0 aliphatic carbocycles. The number of hydrogen-bond donors (Lipinski definition) is 5. The second-order valence-corrected chi connectivity index (χ2v) is 13.3. The van der Waals surface area contributed by atoms with Crippen molar-refractivity contribution in [1.82, 2.24) is 10.6 Å². The maximum atomic E-state index is 14.0. The van der Waals surface area contributed by atoms with Gasteiger partial charge in [0.2, 0.25) is 5.91 Å². The van der Waals surface area contributed by atoms with E-state index < -0.39 is 31.2 Å². The van der Waals surface area contributed by atoms with Gasteiger partial charge in [0.25, 0.3) is 7.37 Å². The van der Waals surface area contributed by atoms with Crippen LogP contribution in [0.4, 0.5) is 4.79 Å². The smallest absolute Gasteiger partial charge is 0.408 e. The van der Waals surface area contributed by atoms with E-state index in [1.807, 2.05) is 72.8 Å². The fourth-order valence-corrected chi connectivity index (χ4v) is 6.83. The quantitative estimate of drug-likeness (QED) is 0.0718. The molecule has 0 heterocycles. The Labute approximate surface area is 267 Å². The first kappa shape index (κ1) is 32.2. The van der Waals surface area contributed by atoms with Crippen LogP contribution in [0.3, 0.4) is 0 Å². The number of fused-ring (bicyclic) bond motifs is 1. The number of alkyl carbamates (subject to hydrolysis) is 1. The highest BCUT2D eigenvalue weighted by Gasteiger charge is 2.36. The number of ether oxygens (including phenoxy) is 1. The third-order valence-corrected chi connectivity index (χ3v) is 9.82. The van der Waals surface area contributed by atoms with E-state index in [2.05, 4.69) is 10.6 Å². The molecule has 3 atom stereocenters. The Morgan fingerprint density at radius 3 is 2.02 bits per heavy atom. The summed E-state index contributed by atoms with van der Waals surface area (Å²) < 4.78 is 19.4. The zero-order valence-electron chi connectivity index (χ0n) is 25.0. The average Bonchev–Trinajstić information content (AvgIpc) is 3.07. The van der Waals surface area contributed by atoms with Crippen LogP contribution in [0.15, 0.2) is 127 Å². The minimum atomic E-state index is -4.19. The van der Waals surface area contributed by atoms with Crippen molar-refractivity contribution in [1.29, 1.82) is 5.41 Å². The number of carbonyl (C=O) groups excluding carboxylic acids is 2. The first-order valence-electron chi connectivity index (χ1n) is 14.8. The molecule has 0 radical (unpaired) electrons. The predicted octanol–water partition coefficient (Wildman–Crippen LogP) is 5.24. The highest BCUT2D eigenvalue weighted by molar-refractivity contribution is 7.66. The Balaban J connectivity index is 1.42. The Hall–Kier alpha value is -5.24. The van der Waals surface area contributed by atoms with Gasteiger partial charge in [-0.2, -0.15) is 0 Å². The number of amidine groups is 1. The van der Waals surface area contributed by atoms with E-state index in [0.29, 0.717) is 11.1 Å². The molecular weight excluding hydrogens is 599 g/mol. The van der Waals surface area contributed by atoms with Crippen LogP contribution in [0, 0.1) is 5.41 Å². The molecule has 0 bridgehead atoms. The molecule has 234 valence electrons. The van der Waals surface area contributed by atoms with Gasteiger partial charge in [0.05, 0.1) is 0 Å². The van der Waals surface area contributed by atoms with Gasteiger partial charge in [0.15, 0.2) is 0 Å². The van der Waals surface area contributed by atoms with Crippen molar-refractivity contribution in [2.24, 2.45) is 5.73 Å². The Bertz CT molecular complexity index is 1870. The molecule has 0 fully saturated rings. The number of rotatable bonds is 12.